The third-order valence-corrected chi connectivity index (χ3v) is 6.75. The van der Waals surface area contributed by atoms with E-state index in [9.17, 15) is 0 Å². The molecule has 0 atom stereocenters. The van der Waals surface area contributed by atoms with Crippen molar-refractivity contribution in [3.05, 3.63) is 84.6 Å². The first-order valence-corrected chi connectivity index (χ1v) is 11.0. The Morgan fingerprint density at radius 3 is 2.45 bits per heavy atom. The smallest absolute Gasteiger partial charge is 0.210 e. The number of nitrogens with zero attached hydrogens (tertiary/aromatic N) is 1. The summed E-state index contributed by atoms with van der Waals surface area (Å²) in [6.07, 6.45) is 10.9. The van der Waals surface area contributed by atoms with Gasteiger partial charge in [0.2, 0.25) is 5.69 Å². The SMILES string of the molecule is CC[N+]1=C(C=CNc2ccccc2)C2(CCCCC2)c2c1ccc1ccccc21. The van der Waals surface area contributed by atoms with Crippen LogP contribution in [0.15, 0.2) is 79.0 Å². The maximum atomic E-state index is 3.47. The number of hydrogen-bond acceptors (Lipinski definition) is 1. The highest BCUT2D eigenvalue weighted by Gasteiger charge is 2.51. The van der Waals surface area contributed by atoms with Gasteiger partial charge in [-0.2, -0.15) is 4.58 Å². The maximum Gasteiger partial charge on any atom is 0.210 e. The van der Waals surface area contributed by atoms with Gasteiger partial charge in [0.25, 0.3) is 0 Å². The minimum absolute atomic E-state index is 0.138. The number of rotatable bonds is 4. The molecule has 2 aliphatic rings. The van der Waals surface area contributed by atoms with Gasteiger partial charge >= 0.3 is 0 Å². The Bertz CT molecular complexity index is 1090. The third kappa shape index (κ3) is 2.98. The lowest BCUT2D eigenvalue weighted by Crippen LogP contribution is -2.36. The van der Waals surface area contributed by atoms with Crippen molar-refractivity contribution in [3.63, 3.8) is 0 Å². The molecule has 0 saturated heterocycles. The first-order chi connectivity index (χ1) is 14.3. The molecule has 2 heteroatoms. The lowest BCUT2D eigenvalue weighted by Gasteiger charge is -2.32. The van der Waals surface area contributed by atoms with Crippen molar-refractivity contribution in [2.75, 3.05) is 11.9 Å². The molecular weight excluding hydrogens is 352 g/mol. The third-order valence-electron chi connectivity index (χ3n) is 6.75. The van der Waals surface area contributed by atoms with Gasteiger partial charge in [-0.05, 0) is 48.7 Å². The summed E-state index contributed by atoms with van der Waals surface area (Å²) >= 11 is 0. The van der Waals surface area contributed by atoms with Crippen molar-refractivity contribution in [1.29, 1.82) is 0 Å². The molecule has 1 aliphatic carbocycles. The van der Waals surface area contributed by atoms with E-state index in [4.69, 9.17) is 0 Å². The minimum Gasteiger partial charge on any atom is -0.361 e. The fourth-order valence-electron chi connectivity index (χ4n) is 5.51. The number of hydrogen-bond donors (Lipinski definition) is 1. The van der Waals surface area contributed by atoms with E-state index in [2.05, 4.69) is 95.8 Å². The van der Waals surface area contributed by atoms with E-state index in [-0.39, 0.29) is 5.41 Å². The number of allylic oxidation sites excluding steroid dienone is 1. The average Bonchev–Trinajstić information content (AvgIpc) is 3.04. The molecule has 29 heavy (non-hydrogen) atoms. The molecule has 1 fully saturated rings. The number of benzene rings is 3. The number of para-hydroxylation sites is 1. The predicted molar refractivity (Wildman–Crippen MR) is 123 cm³/mol. The zero-order valence-electron chi connectivity index (χ0n) is 17.2. The van der Waals surface area contributed by atoms with Gasteiger partial charge in [-0.1, -0.05) is 61.7 Å². The summed E-state index contributed by atoms with van der Waals surface area (Å²) in [7, 11) is 0. The van der Waals surface area contributed by atoms with Crippen LogP contribution in [0.1, 0.15) is 44.6 Å². The Hall–Kier alpha value is -2.87. The quantitative estimate of drug-likeness (QED) is 0.492. The van der Waals surface area contributed by atoms with Gasteiger partial charge in [0.05, 0.1) is 5.41 Å². The van der Waals surface area contributed by atoms with E-state index in [0.29, 0.717) is 0 Å². The van der Waals surface area contributed by atoms with E-state index in [0.717, 1.165) is 12.2 Å². The Morgan fingerprint density at radius 2 is 1.66 bits per heavy atom. The van der Waals surface area contributed by atoms with Crippen molar-refractivity contribution in [3.8, 4) is 0 Å². The molecule has 1 aliphatic heterocycles. The molecule has 3 aromatic rings. The summed E-state index contributed by atoms with van der Waals surface area (Å²) in [5.41, 5.74) is 5.71. The second-order valence-corrected chi connectivity index (χ2v) is 8.30. The van der Waals surface area contributed by atoms with Gasteiger partial charge in [-0.3, -0.25) is 0 Å². The molecule has 0 bridgehead atoms. The van der Waals surface area contributed by atoms with E-state index < -0.39 is 0 Å². The predicted octanol–water partition coefficient (Wildman–Crippen LogP) is 6.79. The first kappa shape index (κ1) is 18.2. The summed E-state index contributed by atoms with van der Waals surface area (Å²) in [6, 6.07) is 24.0. The van der Waals surface area contributed by atoms with Crippen molar-refractivity contribution in [2.45, 2.75) is 44.4 Å². The molecule has 1 saturated carbocycles. The van der Waals surface area contributed by atoms with Crippen molar-refractivity contribution < 1.29 is 4.58 Å². The van der Waals surface area contributed by atoms with Crippen LogP contribution >= 0.6 is 0 Å². The van der Waals surface area contributed by atoms with Crippen LogP contribution in [-0.2, 0) is 5.41 Å². The summed E-state index contributed by atoms with van der Waals surface area (Å²) in [6.45, 7) is 3.28. The molecule has 3 aromatic carbocycles. The van der Waals surface area contributed by atoms with E-state index >= 15 is 0 Å². The van der Waals surface area contributed by atoms with Crippen LogP contribution in [0, 0.1) is 0 Å². The van der Waals surface area contributed by atoms with Gasteiger partial charge in [0.1, 0.15) is 6.54 Å². The topological polar surface area (TPSA) is 15.0 Å². The number of anilines is 1. The standard InChI is InChI=1S/C27H28N2/c1-2-29-24-16-15-21-11-7-8-14-23(21)26(24)27(18-9-4-10-19-27)25(29)17-20-28-22-12-5-3-6-13-22/h3,5-8,11-17,20H,2,4,9-10,18-19H2,1H3/p+1. The summed E-state index contributed by atoms with van der Waals surface area (Å²) in [5, 5.41) is 6.27. The lowest BCUT2D eigenvalue weighted by atomic mass is 9.66. The molecule has 146 valence electrons. The van der Waals surface area contributed by atoms with Gasteiger partial charge in [0.15, 0.2) is 5.71 Å². The van der Waals surface area contributed by atoms with Crippen LogP contribution in [-0.4, -0.2) is 16.8 Å². The van der Waals surface area contributed by atoms with Gasteiger partial charge < -0.3 is 5.32 Å². The first-order valence-electron chi connectivity index (χ1n) is 11.0. The van der Waals surface area contributed by atoms with Crippen LogP contribution in [0.25, 0.3) is 10.8 Å². The second kappa shape index (κ2) is 7.51. The molecule has 0 unspecified atom stereocenters. The van der Waals surface area contributed by atoms with Crippen LogP contribution < -0.4 is 5.32 Å². The van der Waals surface area contributed by atoms with Crippen molar-refractivity contribution in [1.82, 2.24) is 0 Å². The zero-order valence-corrected chi connectivity index (χ0v) is 17.2. The Kier molecular flexibility index (Phi) is 4.71. The molecule has 1 heterocycles. The Morgan fingerprint density at radius 1 is 0.897 bits per heavy atom. The van der Waals surface area contributed by atoms with Gasteiger partial charge in [-0.15, -0.1) is 0 Å². The lowest BCUT2D eigenvalue weighted by molar-refractivity contribution is -0.433. The molecule has 1 N–H and O–H groups in total. The van der Waals surface area contributed by atoms with Gasteiger partial charge in [-0.25, -0.2) is 0 Å². The average molecular weight is 382 g/mol. The number of fused-ring (bicyclic) bond motifs is 4. The van der Waals surface area contributed by atoms with E-state index in [1.54, 1.807) is 5.56 Å². The van der Waals surface area contributed by atoms with Gasteiger partial charge in [0, 0.05) is 29.6 Å². The Labute approximate surface area is 173 Å². The van der Waals surface area contributed by atoms with Crippen LogP contribution in [0.2, 0.25) is 0 Å². The molecule has 2 nitrogen and oxygen atoms in total. The second-order valence-electron chi connectivity index (χ2n) is 8.30. The highest BCUT2D eigenvalue weighted by atomic mass is 15.1. The van der Waals surface area contributed by atoms with E-state index in [1.165, 1.54) is 54.3 Å². The molecule has 0 aromatic heterocycles. The highest BCUT2D eigenvalue weighted by molar-refractivity contribution is 6.08. The number of nitrogens with one attached hydrogen (secondary N) is 1. The molecular formula is C27H29N2+. The van der Waals surface area contributed by atoms with Crippen molar-refractivity contribution >= 4 is 27.9 Å². The monoisotopic (exact) mass is 381 g/mol. The molecule has 0 radical (unpaired) electrons. The summed E-state index contributed by atoms with van der Waals surface area (Å²) in [4.78, 5) is 0. The van der Waals surface area contributed by atoms with Crippen LogP contribution in [0.3, 0.4) is 0 Å². The Balaban J connectivity index is 1.64. The minimum atomic E-state index is 0.138. The largest absolute Gasteiger partial charge is 0.361 e. The maximum absolute atomic E-state index is 3.47. The fourth-order valence-corrected chi connectivity index (χ4v) is 5.51. The van der Waals surface area contributed by atoms with Crippen LogP contribution in [0.5, 0.6) is 0 Å². The van der Waals surface area contributed by atoms with E-state index in [1.807, 2.05) is 0 Å². The fraction of sp³-hybridized carbons (Fsp3) is 0.296. The summed E-state index contributed by atoms with van der Waals surface area (Å²) < 4.78 is 2.55. The highest BCUT2D eigenvalue weighted by Crippen LogP contribution is 2.51. The molecule has 1 spiro atoms. The molecule has 0 amide bonds. The zero-order chi connectivity index (χ0) is 19.7. The normalized spacial score (nSPS) is 18.0. The van der Waals surface area contributed by atoms with Crippen molar-refractivity contribution in [2.24, 2.45) is 0 Å². The molecule has 5 rings (SSSR count). The summed E-state index contributed by atoms with van der Waals surface area (Å²) in [5.74, 6) is 0. The van der Waals surface area contributed by atoms with Crippen LogP contribution in [0.4, 0.5) is 11.4 Å².